The molecular formula is C14H11FN2O4. The molecule has 0 aliphatic carbocycles. The van der Waals surface area contributed by atoms with Gasteiger partial charge >= 0.3 is 5.69 Å². The van der Waals surface area contributed by atoms with Crippen molar-refractivity contribution in [3.8, 4) is 5.75 Å². The van der Waals surface area contributed by atoms with Crippen molar-refractivity contribution in [2.45, 2.75) is 0 Å². The minimum atomic E-state index is -1.01. The first-order valence-corrected chi connectivity index (χ1v) is 5.98. The Hall–Kier alpha value is -2.96. The van der Waals surface area contributed by atoms with Gasteiger partial charge in [-0.3, -0.25) is 14.9 Å². The minimum Gasteiger partial charge on any atom is -0.484 e. The van der Waals surface area contributed by atoms with Crippen molar-refractivity contribution in [2.75, 3.05) is 11.9 Å². The summed E-state index contributed by atoms with van der Waals surface area (Å²) in [7, 11) is 0. The van der Waals surface area contributed by atoms with E-state index in [4.69, 9.17) is 4.74 Å². The van der Waals surface area contributed by atoms with Crippen LogP contribution >= 0.6 is 0 Å². The second-order valence-electron chi connectivity index (χ2n) is 4.07. The Morgan fingerprint density at radius 3 is 2.57 bits per heavy atom. The van der Waals surface area contributed by atoms with E-state index in [0.29, 0.717) is 5.69 Å². The maximum Gasteiger partial charge on any atom is 0.305 e. The van der Waals surface area contributed by atoms with Crippen molar-refractivity contribution in [3.63, 3.8) is 0 Å². The van der Waals surface area contributed by atoms with Crippen molar-refractivity contribution in [1.29, 1.82) is 0 Å². The first-order chi connectivity index (χ1) is 10.1. The van der Waals surface area contributed by atoms with Gasteiger partial charge in [-0.2, -0.15) is 4.39 Å². The number of carbonyl (C=O) groups is 1. The van der Waals surface area contributed by atoms with Crippen LogP contribution in [0.4, 0.5) is 15.8 Å². The average molecular weight is 290 g/mol. The van der Waals surface area contributed by atoms with Gasteiger partial charge in [0.2, 0.25) is 5.82 Å². The van der Waals surface area contributed by atoms with Gasteiger partial charge in [0.25, 0.3) is 5.91 Å². The second kappa shape index (κ2) is 6.47. The third-order valence-electron chi connectivity index (χ3n) is 2.54. The molecule has 0 aliphatic rings. The van der Waals surface area contributed by atoms with Crippen LogP contribution in [0, 0.1) is 15.9 Å². The van der Waals surface area contributed by atoms with Crippen LogP contribution in [0.1, 0.15) is 0 Å². The molecule has 0 radical (unpaired) electrons. The van der Waals surface area contributed by atoms with Crippen LogP contribution in [-0.4, -0.2) is 17.4 Å². The summed E-state index contributed by atoms with van der Waals surface area (Å²) in [5.74, 6) is -1.39. The lowest BCUT2D eigenvalue weighted by Crippen LogP contribution is -2.20. The minimum absolute atomic E-state index is 0.0429. The zero-order chi connectivity index (χ0) is 15.2. The molecule has 2 aromatic carbocycles. The largest absolute Gasteiger partial charge is 0.484 e. The molecule has 0 aromatic heterocycles. The molecule has 21 heavy (non-hydrogen) atoms. The molecule has 6 nitrogen and oxygen atoms in total. The number of hydrogen-bond acceptors (Lipinski definition) is 4. The van der Waals surface area contributed by atoms with Gasteiger partial charge in [0.1, 0.15) is 5.75 Å². The first kappa shape index (κ1) is 14.4. The second-order valence-corrected chi connectivity index (χ2v) is 4.07. The molecule has 0 atom stereocenters. The van der Waals surface area contributed by atoms with Gasteiger partial charge in [0, 0.05) is 17.8 Å². The van der Waals surface area contributed by atoms with E-state index in [-0.39, 0.29) is 12.4 Å². The average Bonchev–Trinajstić information content (AvgIpc) is 2.46. The van der Waals surface area contributed by atoms with Crippen LogP contribution in [0.15, 0.2) is 48.5 Å². The van der Waals surface area contributed by atoms with Gasteiger partial charge in [-0.25, -0.2) is 0 Å². The fourth-order valence-electron chi connectivity index (χ4n) is 1.59. The van der Waals surface area contributed by atoms with Crippen molar-refractivity contribution in [3.05, 3.63) is 64.5 Å². The number of nitro groups is 1. The van der Waals surface area contributed by atoms with Gasteiger partial charge in [-0.1, -0.05) is 18.2 Å². The molecule has 0 saturated carbocycles. The molecule has 0 saturated heterocycles. The topological polar surface area (TPSA) is 81.5 Å². The lowest BCUT2D eigenvalue weighted by molar-refractivity contribution is -0.387. The van der Waals surface area contributed by atoms with E-state index in [9.17, 15) is 19.3 Å². The number of nitrogens with zero attached hydrogens (tertiary/aromatic N) is 1. The lowest BCUT2D eigenvalue weighted by Gasteiger charge is -2.07. The standard InChI is InChI=1S/C14H11FN2O4/c15-12-8-11(6-7-13(12)17(19)20)21-9-14(18)16-10-4-2-1-3-5-10/h1-8H,9H2,(H,16,18). The van der Waals surface area contributed by atoms with E-state index in [2.05, 4.69) is 5.32 Å². The number of anilines is 1. The number of rotatable bonds is 5. The van der Waals surface area contributed by atoms with Crippen molar-refractivity contribution in [1.82, 2.24) is 0 Å². The highest BCUT2D eigenvalue weighted by Crippen LogP contribution is 2.22. The molecule has 0 unspecified atom stereocenters. The third-order valence-corrected chi connectivity index (χ3v) is 2.54. The highest BCUT2D eigenvalue weighted by molar-refractivity contribution is 5.91. The van der Waals surface area contributed by atoms with Crippen molar-refractivity contribution >= 4 is 17.3 Å². The fraction of sp³-hybridized carbons (Fsp3) is 0.0714. The highest BCUT2D eigenvalue weighted by atomic mass is 19.1. The zero-order valence-electron chi connectivity index (χ0n) is 10.8. The Balaban J connectivity index is 1.92. The van der Waals surface area contributed by atoms with E-state index in [1.165, 1.54) is 6.07 Å². The summed E-state index contributed by atoms with van der Waals surface area (Å²) in [4.78, 5) is 21.2. The van der Waals surface area contributed by atoms with E-state index >= 15 is 0 Å². The lowest BCUT2D eigenvalue weighted by atomic mass is 10.3. The molecule has 1 N–H and O–H groups in total. The summed E-state index contributed by atoms with van der Waals surface area (Å²) in [6.07, 6.45) is 0. The van der Waals surface area contributed by atoms with E-state index in [1.54, 1.807) is 24.3 Å². The Bertz CT molecular complexity index is 661. The number of para-hydroxylation sites is 1. The summed E-state index contributed by atoms with van der Waals surface area (Å²) in [5.41, 5.74) is -0.0305. The summed E-state index contributed by atoms with van der Waals surface area (Å²) in [6.45, 7) is -0.327. The summed E-state index contributed by atoms with van der Waals surface area (Å²) in [5, 5.41) is 13.1. The normalized spacial score (nSPS) is 9.95. The molecule has 7 heteroatoms. The fourth-order valence-corrected chi connectivity index (χ4v) is 1.59. The SMILES string of the molecule is O=C(COc1ccc([N+](=O)[O-])c(F)c1)Nc1ccccc1. The monoisotopic (exact) mass is 290 g/mol. The van der Waals surface area contributed by atoms with Crippen molar-refractivity contribution in [2.24, 2.45) is 0 Å². The number of amides is 1. The Kier molecular flexibility index (Phi) is 4.45. The Morgan fingerprint density at radius 1 is 1.24 bits per heavy atom. The van der Waals surface area contributed by atoms with E-state index in [0.717, 1.165) is 12.1 Å². The molecule has 0 bridgehead atoms. The molecule has 0 fully saturated rings. The molecule has 2 aromatic rings. The molecule has 0 heterocycles. The van der Waals surface area contributed by atoms with Gasteiger partial charge in [0.05, 0.1) is 4.92 Å². The van der Waals surface area contributed by atoms with Crippen LogP contribution in [0.5, 0.6) is 5.75 Å². The third kappa shape index (κ3) is 4.00. The number of benzene rings is 2. The van der Waals surface area contributed by atoms with Crippen LogP contribution in [0.25, 0.3) is 0 Å². The predicted octanol–water partition coefficient (Wildman–Crippen LogP) is 2.75. The summed E-state index contributed by atoms with van der Waals surface area (Å²) in [6, 6.07) is 11.9. The number of carbonyl (C=O) groups excluding carboxylic acids is 1. The van der Waals surface area contributed by atoms with Gasteiger partial charge in [-0.05, 0) is 18.2 Å². The van der Waals surface area contributed by atoms with Crippen LogP contribution in [-0.2, 0) is 4.79 Å². The number of ether oxygens (including phenoxy) is 1. The maximum atomic E-state index is 13.3. The zero-order valence-corrected chi connectivity index (χ0v) is 10.8. The number of nitro benzene ring substituents is 1. The van der Waals surface area contributed by atoms with Gasteiger partial charge < -0.3 is 10.1 Å². The predicted molar refractivity (Wildman–Crippen MR) is 73.6 cm³/mol. The van der Waals surface area contributed by atoms with Crippen LogP contribution in [0.3, 0.4) is 0 Å². The molecule has 108 valence electrons. The Morgan fingerprint density at radius 2 is 1.95 bits per heavy atom. The quantitative estimate of drug-likeness (QED) is 0.678. The van der Waals surface area contributed by atoms with E-state index < -0.39 is 22.3 Å². The first-order valence-electron chi connectivity index (χ1n) is 5.98. The summed E-state index contributed by atoms with van der Waals surface area (Å²) < 4.78 is 18.4. The molecule has 2 rings (SSSR count). The van der Waals surface area contributed by atoms with Crippen LogP contribution < -0.4 is 10.1 Å². The Labute approximate surface area is 119 Å². The maximum absolute atomic E-state index is 13.3. The molecule has 0 spiro atoms. The molecule has 1 amide bonds. The molecule has 0 aliphatic heterocycles. The van der Waals surface area contributed by atoms with E-state index in [1.807, 2.05) is 6.07 Å². The number of halogens is 1. The molecular weight excluding hydrogens is 279 g/mol. The van der Waals surface area contributed by atoms with Gasteiger partial charge in [-0.15, -0.1) is 0 Å². The number of nitrogens with one attached hydrogen (secondary N) is 1. The number of hydrogen-bond donors (Lipinski definition) is 1. The van der Waals surface area contributed by atoms with Crippen LogP contribution in [0.2, 0.25) is 0 Å². The summed E-state index contributed by atoms with van der Waals surface area (Å²) >= 11 is 0. The highest BCUT2D eigenvalue weighted by Gasteiger charge is 2.14. The van der Waals surface area contributed by atoms with Crippen molar-refractivity contribution < 1.29 is 18.8 Å². The smallest absolute Gasteiger partial charge is 0.305 e. The van der Waals surface area contributed by atoms with Gasteiger partial charge in [0.15, 0.2) is 6.61 Å².